The van der Waals surface area contributed by atoms with Crippen LogP contribution in [0.5, 0.6) is 5.75 Å². The van der Waals surface area contributed by atoms with Crippen LogP contribution in [0.3, 0.4) is 0 Å². The molecule has 1 amide bonds. The molecule has 0 heterocycles. The van der Waals surface area contributed by atoms with Gasteiger partial charge in [0.15, 0.2) is 0 Å². The van der Waals surface area contributed by atoms with Crippen LogP contribution in [0.2, 0.25) is 0 Å². The predicted octanol–water partition coefficient (Wildman–Crippen LogP) is 2.69. The molecule has 0 aliphatic rings. The quantitative estimate of drug-likeness (QED) is 0.813. The van der Waals surface area contributed by atoms with E-state index in [1.165, 1.54) is 6.07 Å². The molecule has 0 aliphatic carbocycles. The van der Waals surface area contributed by atoms with Crippen LogP contribution in [-0.4, -0.2) is 22.9 Å². The molecule has 3 nitrogen and oxygen atoms in total. The van der Waals surface area contributed by atoms with E-state index in [-0.39, 0.29) is 23.6 Å². The first-order valence-electron chi connectivity index (χ1n) is 5.62. The van der Waals surface area contributed by atoms with E-state index in [9.17, 15) is 9.90 Å². The third-order valence-electron chi connectivity index (χ3n) is 2.93. The van der Waals surface area contributed by atoms with E-state index in [4.69, 9.17) is 11.6 Å². The SMILES string of the molecule is Cc1ccc(C(=O)NC(C)C(C)CCl)cc1O. The van der Waals surface area contributed by atoms with Crippen LogP contribution in [0.1, 0.15) is 29.8 Å². The van der Waals surface area contributed by atoms with Crippen LogP contribution in [-0.2, 0) is 0 Å². The highest BCUT2D eigenvalue weighted by atomic mass is 35.5. The van der Waals surface area contributed by atoms with Crippen LogP contribution >= 0.6 is 11.6 Å². The average molecular weight is 256 g/mol. The van der Waals surface area contributed by atoms with Crippen molar-refractivity contribution in [3.8, 4) is 5.75 Å². The molecule has 2 atom stereocenters. The fourth-order valence-corrected chi connectivity index (χ4v) is 1.58. The first-order valence-corrected chi connectivity index (χ1v) is 6.15. The van der Waals surface area contributed by atoms with Gasteiger partial charge in [-0.2, -0.15) is 0 Å². The van der Waals surface area contributed by atoms with Gasteiger partial charge in [0.05, 0.1) is 0 Å². The zero-order valence-electron chi connectivity index (χ0n) is 10.3. The molecular formula is C13H18ClNO2. The van der Waals surface area contributed by atoms with Crippen molar-refractivity contribution in [3.63, 3.8) is 0 Å². The van der Waals surface area contributed by atoms with Crippen molar-refractivity contribution in [2.24, 2.45) is 5.92 Å². The van der Waals surface area contributed by atoms with Crippen molar-refractivity contribution >= 4 is 17.5 Å². The minimum absolute atomic E-state index is 0.00319. The van der Waals surface area contributed by atoms with E-state index in [1.54, 1.807) is 19.1 Å². The molecule has 0 spiro atoms. The van der Waals surface area contributed by atoms with Gasteiger partial charge in [0.1, 0.15) is 5.75 Å². The Balaban J connectivity index is 2.73. The van der Waals surface area contributed by atoms with Gasteiger partial charge in [-0.3, -0.25) is 4.79 Å². The lowest BCUT2D eigenvalue weighted by Gasteiger charge is -2.19. The molecule has 0 aromatic heterocycles. The number of phenols is 1. The lowest BCUT2D eigenvalue weighted by Crippen LogP contribution is -2.37. The van der Waals surface area contributed by atoms with Crippen LogP contribution < -0.4 is 5.32 Å². The van der Waals surface area contributed by atoms with E-state index < -0.39 is 0 Å². The summed E-state index contributed by atoms with van der Waals surface area (Å²) in [5.74, 6) is 0.653. The number of aryl methyl sites for hydroxylation is 1. The van der Waals surface area contributed by atoms with Gasteiger partial charge in [0, 0.05) is 17.5 Å². The topological polar surface area (TPSA) is 49.3 Å². The van der Waals surface area contributed by atoms with Gasteiger partial charge in [-0.15, -0.1) is 11.6 Å². The maximum absolute atomic E-state index is 11.9. The molecule has 1 aromatic rings. The van der Waals surface area contributed by atoms with Crippen LogP contribution in [0.4, 0.5) is 0 Å². The highest BCUT2D eigenvalue weighted by molar-refractivity contribution is 6.18. The Morgan fingerprint density at radius 3 is 2.65 bits per heavy atom. The second-order valence-corrected chi connectivity index (χ2v) is 4.70. The van der Waals surface area contributed by atoms with E-state index >= 15 is 0 Å². The number of nitrogens with one attached hydrogen (secondary N) is 1. The van der Waals surface area contributed by atoms with Gasteiger partial charge in [-0.25, -0.2) is 0 Å². The first-order chi connectivity index (χ1) is 7.95. The van der Waals surface area contributed by atoms with Crippen molar-refractivity contribution < 1.29 is 9.90 Å². The van der Waals surface area contributed by atoms with Gasteiger partial charge < -0.3 is 10.4 Å². The summed E-state index contributed by atoms with van der Waals surface area (Å²) in [5, 5.41) is 12.4. The summed E-state index contributed by atoms with van der Waals surface area (Å²) in [5.41, 5.74) is 1.21. The Hall–Kier alpha value is -1.22. The Morgan fingerprint density at radius 2 is 2.12 bits per heavy atom. The van der Waals surface area contributed by atoms with Gasteiger partial charge in [-0.1, -0.05) is 13.0 Å². The van der Waals surface area contributed by atoms with Crippen molar-refractivity contribution in [2.75, 3.05) is 5.88 Å². The van der Waals surface area contributed by atoms with E-state index in [1.807, 2.05) is 13.8 Å². The number of carbonyl (C=O) groups excluding carboxylic acids is 1. The Morgan fingerprint density at radius 1 is 1.47 bits per heavy atom. The van der Waals surface area contributed by atoms with E-state index in [2.05, 4.69) is 5.32 Å². The second kappa shape index (κ2) is 5.92. The number of rotatable bonds is 4. The minimum Gasteiger partial charge on any atom is -0.508 e. The molecule has 0 saturated carbocycles. The van der Waals surface area contributed by atoms with Crippen LogP contribution in [0.25, 0.3) is 0 Å². The third kappa shape index (κ3) is 3.63. The zero-order valence-corrected chi connectivity index (χ0v) is 11.1. The number of hydrogen-bond donors (Lipinski definition) is 2. The molecule has 2 unspecified atom stereocenters. The Kier molecular flexibility index (Phi) is 4.82. The molecule has 2 N–H and O–H groups in total. The highest BCUT2D eigenvalue weighted by Crippen LogP contribution is 2.17. The molecule has 0 radical (unpaired) electrons. The monoisotopic (exact) mass is 255 g/mol. The number of amides is 1. The molecule has 0 fully saturated rings. The number of aromatic hydroxyl groups is 1. The predicted molar refractivity (Wildman–Crippen MR) is 69.7 cm³/mol. The number of halogens is 1. The summed E-state index contributed by atoms with van der Waals surface area (Å²) in [6.45, 7) is 5.68. The molecule has 94 valence electrons. The second-order valence-electron chi connectivity index (χ2n) is 4.39. The largest absolute Gasteiger partial charge is 0.508 e. The standard InChI is InChI=1S/C13H18ClNO2/c1-8-4-5-11(6-12(8)16)13(17)15-10(3)9(2)7-14/h4-6,9-10,16H,7H2,1-3H3,(H,15,17). The van der Waals surface area contributed by atoms with Crippen LogP contribution in [0, 0.1) is 12.8 Å². The van der Waals surface area contributed by atoms with Gasteiger partial charge in [0.2, 0.25) is 0 Å². The van der Waals surface area contributed by atoms with Crippen molar-refractivity contribution in [3.05, 3.63) is 29.3 Å². The number of phenolic OH excluding ortho intramolecular Hbond substituents is 1. The number of benzene rings is 1. The van der Waals surface area contributed by atoms with Crippen LogP contribution in [0.15, 0.2) is 18.2 Å². The summed E-state index contributed by atoms with van der Waals surface area (Å²) in [4.78, 5) is 11.9. The molecule has 17 heavy (non-hydrogen) atoms. The minimum atomic E-state index is -0.190. The average Bonchev–Trinajstić information content (AvgIpc) is 2.31. The summed E-state index contributed by atoms with van der Waals surface area (Å²) in [7, 11) is 0. The lowest BCUT2D eigenvalue weighted by molar-refractivity contribution is 0.0930. The van der Waals surface area contributed by atoms with E-state index in [0.29, 0.717) is 11.4 Å². The molecule has 0 bridgehead atoms. The third-order valence-corrected chi connectivity index (χ3v) is 3.41. The smallest absolute Gasteiger partial charge is 0.251 e. The number of alkyl halides is 1. The highest BCUT2D eigenvalue weighted by Gasteiger charge is 2.15. The maximum atomic E-state index is 11.9. The van der Waals surface area contributed by atoms with Gasteiger partial charge in [0.25, 0.3) is 5.91 Å². The van der Waals surface area contributed by atoms with Crippen molar-refractivity contribution in [1.29, 1.82) is 0 Å². The van der Waals surface area contributed by atoms with Crippen molar-refractivity contribution in [2.45, 2.75) is 26.8 Å². The fraction of sp³-hybridized carbons (Fsp3) is 0.462. The van der Waals surface area contributed by atoms with E-state index in [0.717, 1.165) is 5.56 Å². The van der Waals surface area contributed by atoms with Gasteiger partial charge in [-0.05, 0) is 37.5 Å². The lowest BCUT2D eigenvalue weighted by atomic mass is 10.1. The molecule has 0 saturated heterocycles. The van der Waals surface area contributed by atoms with Crippen molar-refractivity contribution in [1.82, 2.24) is 5.32 Å². The molecule has 4 heteroatoms. The number of carbonyl (C=O) groups is 1. The molecule has 1 aromatic carbocycles. The zero-order chi connectivity index (χ0) is 13.0. The first kappa shape index (κ1) is 13.8. The molecule has 0 aliphatic heterocycles. The molecule has 1 rings (SSSR count). The Bertz CT molecular complexity index is 406. The number of hydrogen-bond acceptors (Lipinski definition) is 2. The maximum Gasteiger partial charge on any atom is 0.251 e. The summed E-state index contributed by atoms with van der Waals surface area (Å²) in [6, 6.07) is 4.90. The summed E-state index contributed by atoms with van der Waals surface area (Å²) >= 11 is 5.73. The summed E-state index contributed by atoms with van der Waals surface area (Å²) < 4.78 is 0. The normalized spacial score (nSPS) is 14.1. The summed E-state index contributed by atoms with van der Waals surface area (Å²) in [6.07, 6.45) is 0. The molecular weight excluding hydrogens is 238 g/mol. The fourth-order valence-electron chi connectivity index (χ4n) is 1.32. The Labute approximate surface area is 107 Å². The van der Waals surface area contributed by atoms with Gasteiger partial charge >= 0.3 is 0 Å².